The summed E-state index contributed by atoms with van der Waals surface area (Å²) in [6.07, 6.45) is 4.70. The van der Waals surface area contributed by atoms with Crippen molar-refractivity contribution in [2.24, 2.45) is 5.92 Å². The highest BCUT2D eigenvalue weighted by Crippen LogP contribution is 2.23. The molecular formula is C18H26N4O3S. The van der Waals surface area contributed by atoms with E-state index in [1.54, 1.807) is 12.1 Å². The summed E-state index contributed by atoms with van der Waals surface area (Å²) in [5, 5.41) is 6.10. The first-order valence-corrected chi connectivity index (χ1v) is 9.25. The number of thiocarbonyl (C=S) groups is 1. The molecule has 1 aromatic rings. The summed E-state index contributed by atoms with van der Waals surface area (Å²) in [4.78, 5) is 23.4. The SMILES string of the molecule is CC1CCCCC1NC(=S)NNC(=O)CNC(=O)COc1ccccc1. The molecule has 1 saturated carbocycles. The number of hydrazine groups is 1. The minimum Gasteiger partial charge on any atom is -0.484 e. The third-order valence-corrected chi connectivity index (χ3v) is 4.52. The predicted molar refractivity (Wildman–Crippen MR) is 103 cm³/mol. The molecule has 26 heavy (non-hydrogen) atoms. The second-order valence-corrected chi connectivity index (χ2v) is 6.80. The smallest absolute Gasteiger partial charge is 0.258 e. The molecule has 0 aromatic heterocycles. The van der Waals surface area contributed by atoms with E-state index in [1.165, 1.54) is 19.3 Å². The van der Waals surface area contributed by atoms with Gasteiger partial charge >= 0.3 is 0 Å². The first-order valence-electron chi connectivity index (χ1n) is 8.84. The van der Waals surface area contributed by atoms with Crippen LogP contribution in [0.2, 0.25) is 0 Å². The molecule has 2 rings (SSSR count). The molecule has 2 unspecified atom stereocenters. The van der Waals surface area contributed by atoms with Crippen LogP contribution in [0.5, 0.6) is 5.75 Å². The molecule has 0 saturated heterocycles. The Bertz CT molecular complexity index is 612. The van der Waals surface area contributed by atoms with Crippen molar-refractivity contribution < 1.29 is 14.3 Å². The molecule has 2 atom stereocenters. The van der Waals surface area contributed by atoms with Crippen molar-refractivity contribution in [1.29, 1.82) is 0 Å². The zero-order valence-corrected chi connectivity index (χ0v) is 15.7. The Hall–Kier alpha value is -2.35. The van der Waals surface area contributed by atoms with E-state index < -0.39 is 0 Å². The Labute approximate surface area is 159 Å². The molecule has 7 nitrogen and oxygen atoms in total. The van der Waals surface area contributed by atoms with Crippen molar-refractivity contribution in [2.75, 3.05) is 13.2 Å². The maximum atomic E-state index is 11.8. The number of carbonyl (C=O) groups excluding carboxylic acids is 2. The first kappa shape index (κ1) is 20.0. The number of amides is 2. The molecule has 142 valence electrons. The van der Waals surface area contributed by atoms with Gasteiger partial charge in [0.25, 0.3) is 11.8 Å². The van der Waals surface area contributed by atoms with Crippen LogP contribution in [0.4, 0.5) is 0 Å². The number of carbonyl (C=O) groups is 2. The number of para-hydroxylation sites is 1. The zero-order chi connectivity index (χ0) is 18.8. The van der Waals surface area contributed by atoms with Crippen molar-refractivity contribution in [2.45, 2.75) is 38.6 Å². The number of ether oxygens (including phenoxy) is 1. The molecule has 2 amide bonds. The lowest BCUT2D eigenvalue weighted by molar-refractivity contribution is -0.127. The predicted octanol–water partition coefficient (Wildman–Crippen LogP) is 1.26. The Morgan fingerprint density at radius 1 is 1.12 bits per heavy atom. The van der Waals surface area contributed by atoms with E-state index in [1.807, 2.05) is 18.2 Å². The third-order valence-electron chi connectivity index (χ3n) is 4.30. The molecule has 0 aliphatic heterocycles. The van der Waals surface area contributed by atoms with E-state index in [4.69, 9.17) is 17.0 Å². The molecule has 4 N–H and O–H groups in total. The average molecular weight is 378 g/mol. The molecule has 1 aliphatic carbocycles. The van der Waals surface area contributed by atoms with Gasteiger partial charge in [-0.05, 0) is 43.1 Å². The van der Waals surface area contributed by atoms with Gasteiger partial charge in [0.2, 0.25) is 0 Å². The van der Waals surface area contributed by atoms with Crippen LogP contribution in [-0.2, 0) is 9.59 Å². The van der Waals surface area contributed by atoms with Gasteiger partial charge < -0.3 is 15.4 Å². The standard InChI is InChI=1S/C18H26N4O3S/c1-13-7-5-6-10-15(13)20-18(26)22-21-16(23)11-19-17(24)12-25-14-8-3-2-4-9-14/h2-4,8-9,13,15H,5-7,10-12H2,1H3,(H,19,24)(H,21,23)(H2,20,22,26). The summed E-state index contributed by atoms with van der Waals surface area (Å²) in [5.74, 6) is 0.393. The molecule has 8 heteroatoms. The molecular weight excluding hydrogens is 352 g/mol. The van der Waals surface area contributed by atoms with Gasteiger partial charge in [0.15, 0.2) is 11.7 Å². The van der Waals surface area contributed by atoms with Crippen LogP contribution >= 0.6 is 12.2 Å². The van der Waals surface area contributed by atoms with Crippen molar-refractivity contribution in [3.05, 3.63) is 30.3 Å². The Morgan fingerprint density at radius 2 is 1.85 bits per heavy atom. The maximum absolute atomic E-state index is 11.8. The lowest BCUT2D eigenvalue weighted by atomic mass is 9.86. The minimum absolute atomic E-state index is 0.149. The fourth-order valence-electron chi connectivity index (χ4n) is 2.80. The van der Waals surface area contributed by atoms with Gasteiger partial charge in [-0.2, -0.15) is 0 Å². The summed E-state index contributed by atoms with van der Waals surface area (Å²) in [6.45, 7) is 1.89. The van der Waals surface area contributed by atoms with Gasteiger partial charge in [-0.15, -0.1) is 0 Å². The van der Waals surface area contributed by atoms with Crippen molar-refractivity contribution >= 4 is 29.1 Å². The molecule has 0 spiro atoms. The second kappa shape index (κ2) is 10.6. The monoisotopic (exact) mass is 378 g/mol. The van der Waals surface area contributed by atoms with Crippen molar-refractivity contribution in [3.8, 4) is 5.75 Å². The van der Waals surface area contributed by atoms with Crippen LogP contribution in [0.25, 0.3) is 0 Å². The summed E-state index contributed by atoms with van der Waals surface area (Å²) in [7, 11) is 0. The molecule has 1 aromatic carbocycles. The summed E-state index contributed by atoms with van der Waals surface area (Å²) >= 11 is 5.19. The van der Waals surface area contributed by atoms with Crippen molar-refractivity contribution in [1.82, 2.24) is 21.5 Å². The topological polar surface area (TPSA) is 91.5 Å². The van der Waals surface area contributed by atoms with Crippen LogP contribution in [0.3, 0.4) is 0 Å². The van der Waals surface area contributed by atoms with Gasteiger partial charge in [-0.25, -0.2) is 0 Å². The van der Waals surface area contributed by atoms with Gasteiger partial charge in [0.05, 0.1) is 6.54 Å². The second-order valence-electron chi connectivity index (χ2n) is 6.39. The molecule has 0 bridgehead atoms. The van der Waals surface area contributed by atoms with Crippen molar-refractivity contribution in [3.63, 3.8) is 0 Å². The normalized spacial score (nSPS) is 19.1. The summed E-state index contributed by atoms with van der Waals surface area (Å²) in [6, 6.07) is 9.33. The van der Waals surface area contributed by atoms with Gasteiger partial charge in [-0.3, -0.25) is 20.4 Å². The fraction of sp³-hybridized carbons (Fsp3) is 0.500. The maximum Gasteiger partial charge on any atom is 0.258 e. The van der Waals surface area contributed by atoms with E-state index in [0.29, 0.717) is 22.8 Å². The average Bonchev–Trinajstić information content (AvgIpc) is 2.65. The lowest BCUT2D eigenvalue weighted by Gasteiger charge is -2.30. The van der Waals surface area contributed by atoms with E-state index in [2.05, 4.69) is 28.4 Å². The van der Waals surface area contributed by atoms with Crippen LogP contribution in [0.15, 0.2) is 30.3 Å². The quantitative estimate of drug-likeness (QED) is 0.440. The highest BCUT2D eigenvalue weighted by molar-refractivity contribution is 7.80. The zero-order valence-electron chi connectivity index (χ0n) is 14.9. The van der Waals surface area contributed by atoms with Gasteiger partial charge in [0, 0.05) is 6.04 Å². The van der Waals surface area contributed by atoms with Crippen LogP contribution < -0.4 is 26.2 Å². The lowest BCUT2D eigenvalue weighted by Crippen LogP contribution is -2.53. The van der Waals surface area contributed by atoms with Crippen LogP contribution in [-0.4, -0.2) is 36.1 Å². The van der Waals surface area contributed by atoms with E-state index in [0.717, 1.165) is 6.42 Å². The molecule has 0 heterocycles. The Kier molecular flexibility index (Phi) is 8.14. The third kappa shape index (κ3) is 7.26. The minimum atomic E-state index is -0.390. The number of hydrogen-bond donors (Lipinski definition) is 4. The largest absolute Gasteiger partial charge is 0.484 e. The van der Waals surface area contributed by atoms with E-state index >= 15 is 0 Å². The van der Waals surface area contributed by atoms with E-state index in [-0.39, 0.29) is 25.0 Å². The highest BCUT2D eigenvalue weighted by Gasteiger charge is 2.21. The number of hydrogen-bond acceptors (Lipinski definition) is 4. The van der Waals surface area contributed by atoms with Crippen LogP contribution in [0.1, 0.15) is 32.6 Å². The van der Waals surface area contributed by atoms with Crippen LogP contribution in [0, 0.1) is 5.92 Å². The Morgan fingerprint density at radius 3 is 2.58 bits per heavy atom. The fourth-order valence-corrected chi connectivity index (χ4v) is 3.00. The van der Waals surface area contributed by atoms with E-state index in [9.17, 15) is 9.59 Å². The highest BCUT2D eigenvalue weighted by atomic mass is 32.1. The molecule has 1 aliphatic rings. The van der Waals surface area contributed by atoms with Gasteiger partial charge in [-0.1, -0.05) is 38.0 Å². The summed E-state index contributed by atoms with van der Waals surface area (Å²) < 4.78 is 5.30. The molecule has 0 radical (unpaired) electrons. The summed E-state index contributed by atoms with van der Waals surface area (Å²) in [5.41, 5.74) is 5.14. The number of rotatable bonds is 6. The molecule has 1 fully saturated rings. The number of benzene rings is 1. The first-order chi connectivity index (χ1) is 12.5. The Balaban J connectivity index is 1.57. The van der Waals surface area contributed by atoms with Gasteiger partial charge in [0.1, 0.15) is 5.75 Å². The number of nitrogens with one attached hydrogen (secondary N) is 4.